The highest BCUT2D eigenvalue weighted by atomic mass is 127. The summed E-state index contributed by atoms with van der Waals surface area (Å²) >= 11 is 5.96. The van der Waals surface area contributed by atoms with Gasteiger partial charge in [-0.15, -0.1) is 24.0 Å². The van der Waals surface area contributed by atoms with Crippen LogP contribution in [0.25, 0.3) is 0 Å². The molecule has 1 amide bonds. The molecule has 1 unspecified atom stereocenters. The zero-order chi connectivity index (χ0) is 18.5. The maximum Gasteiger partial charge on any atom is 0.219 e. The number of guanidine groups is 1. The van der Waals surface area contributed by atoms with Gasteiger partial charge in [-0.1, -0.05) is 11.6 Å². The quantitative estimate of drug-likeness (QED) is 0.390. The molecule has 0 saturated carbocycles. The Bertz CT molecular complexity index is 646. The Morgan fingerprint density at radius 2 is 1.81 bits per heavy atom. The first-order valence-electron chi connectivity index (χ1n) is 9.34. The van der Waals surface area contributed by atoms with Crippen molar-refractivity contribution < 1.29 is 4.79 Å². The van der Waals surface area contributed by atoms with Crippen LogP contribution < -0.4 is 10.6 Å². The second-order valence-electron chi connectivity index (χ2n) is 7.12. The molecular weight excluding hydrogens is 477 g/mol. The summed E-state index contributed by atoms with van der Waals surface area (Å²) in [6, 6.07) is 7.96. The van der Waals surface area contributed by atoms with Crippen LogP contribution >= 0.6 is 35.6 Å². The number of carbonyl (C=O) groups is 1. The fourth-order valence-electron chi connectivity index (χ4n) is 3.67. The molecule has 1 aromatic rings. The van der Waals surface area contributed by atoms with E-state index in [4.69, 9.17) is 17.3 Å². The Labute approximate surface area is 183 Å². The van der Waals surface area contributed by atoms with Crippen LogP contribution in [0.3, 0.4) is 0 Å². The molecule has 2 saturated heterocycles. The third-order valence-electron chi connectivity index (χ3n) is 5.27. The van der Waals surface area contributed by atoms with Gasteiger partial charge in [0.25, 0.3) is 0 Å². The highest BCUT2D eigenvalue weighted by Gasteiger charge is 2.22. The maximum atomic E-state index is 11.5. The molecule has 2 aliphatic rings. The first-order chi connectivity index (χ1) is 12.5. The van der Waals surface area contributed by atoms with E-state index in [2.05, 4.69) is 26.9 Å². The van der Waals surface area contributed by atoms with E-state index in [9.17, 15) is 4.79 Å². The molecule has 0 spiro atoms. The first kappa shape index (κ1) is 22.1. The van der Waals surface area contributed by atoms with Gasteiger partial charge in [-0.2, -0.15) is 0 Å². The number of nitrogens with two attached hydrogens (primary N) is 1. The van der Waals surface area contributed by atoms with Gasteiger partial charge in [0.2, 0.25) is 5.91 Å². The molecule has 1 atom stereocenters. The molecule has 2 fully saturated rings. The van der Waals surface area contributed by atoms with Crippen molar-refractivity contribution in [3.63, 3.8) is 0 Å². The standard InChI is InChI=1S/C19H28ClN5O.HI/c1-15(26)25-8-2-3-16(14-25)13-22-19(21)24-11-9-23(10-12-24)18-6-4-17(20)5-7-18;/h4-7,16H,2-3,8-14H2,1H3,(H2,21,22);1H. The molecule has 2 aliphatic heterocycles. The molecule has 0 aliphatic carbocycles. The largest absolute Gasteiger partial charge is 0.370 e. The number of amides is 1. The summed E-state index contributed by atoms with van der Waals surface area (Å²) in [6.07, 6.45) is 2.17. The molecule has 150 valence electrons. The van der Waals surface area contributed by atoms with Crippen molar-refractivity contribution >= 4 is 53.1 Å². The van der Waals surface area contributed by atoms with E-state index in [-0.39, 0.29) is 29.9 Å². The normalized spacial score (nSPS) is 21.0. The van der Waals surface area contributed by atoms with Crippen LogP contribution in [-0.4, -0.2) is 67.5 Å². The van der Waals surface area contributed by atoms with E-state index < -0.39 is 0 Å². The van der Waals surface area contributed by atoms with Crippen LogP contribution in [0.2, 0.25) is 5.02 Å². The number of nitrogens with zero attached hydrogens (tertiary/aromatic N) is 4. The van der Waals surface area contributed by atoms with E-state index in [1.807, 2.05) is 17.0 Å². The number of rotatable bonds is 3. The monoisotopic (exact) mass is 505 g/mol. The number of piperidine rings is 1. The Morgan fingerprint density at radius 1 is 1.15 bits per heavy atom. The minimum absolute atomic E-state index is 0. The average Bonchev–Trinajstić information content (AvgIpc) is 2.67. The van der Waals surface area contributed by atoms with Crippen LogP contribution in [0.1, 0.15) is 19.8 Å². The summed E-state index contributed by atoms with van der Waals surface area (Å²) < 4.78 is 0. The lowest BCUT2D eigenvalue weighted by molar-refractivity contribution is -0.130. The number of likely N-dealkylation sites (tertiary alicyclic amines) is 1. The lowest BCUT2D eigenvalue weighted by Crippen LogP contribution is -2.51. The molecule has 8 heteroatoms. The van der Waals surface area contributed by atoms with Gasteiger partial charge in [0, 0.05) is 63.4 Å². The Kier molecular flexibility index (Phi) is 8.47. The van der Waals surface area contributed by atoms with Gasteiger partial charge in [-0.3, -0.25) is 9.79 Å². The van der Waals surface area contributed by atoms with Gasteiger partial charge in [-0.05, 0) is 43.0 Å². The number of hydrogen-bond acceptors (Lipinski definition) is 3. The molecule has 1 aromatic carbocycles. The summed E-state index contributed by atoms with van der Waals surface area (Å²) in [7, 11) is 0. The lowest BCUT2D eigenvalue weighted by Gasteiger charge is -2.37. The van der Waals surface area contributed by atoms with Gasteiger partial charge < -0.3 is 20.4 Å². The van der Waals surface area contributed by atoms with E-state index in [1.165, 1.54) is 5.69 Å². The molecule has 0 bridgehead atoms. The summed E-state index contributed by atoms with van der Waals surface area (Å²) in [4.78, 5) is 22.6. The van der Waals surface area contributed by atoms with Gasteiger partial charge >= 0.3 is 0 Å². The van der Waals surface area contributed by atoms with Crippen LogP contribution in [0.4, 0.5) is 5.69 Å². The minimum atomic E-state index is 0. The maximum absolute atomic E-state index is 11.5. The van der Waals surface area contributed by atoms with Gasteiger partial charge in [0.15, 0.2) is 5.96 Å². The van der Waals surface area contributed by atoms with E-state index >= 15 is 0 Å². The number of aliphatic imine (C=N–C) groups is 1. The predicted molar refractivity (Wildman–Crippen MR) is 122 cm³/mol. The van der Waals surface area contributed by atoms with Crippen molar-refractivity contribution in [2.75, 3.05) is 50.7 Å². The Balaban J connectivity index is 0.00000261. The average molecular weight is 506 g/mol. The van der Waals surface area contributed by atoms with Crippen molar-refractivity contribution in [1.29, 1.82) is 0 Å². The summed E-state index contributed by atoms with van der Waals surface area (Å²) in [5.41, 5.74) is 7.41. The molecule has 2 heterocycles. The van der Waals surface area contributed by atoms with E-state index in [0.717, 1.165) is 57.1 Å². The number of carbonyl (C=O) groups excluding carboxylic acids is 1. The highest BCUT2D eigenvalue weighted by molar-refractivity contribution is 14.0. The van der Waals surface area contributed by atoms with Crippen LogP contribution in [-0.2, 0) is 4.79 Å². The third kappa shape index (κ3) is 6.14. The SMILES string of the molecule is CC(=O)N1CCCC(CN=C(N)N2CCN(c3ccc(Cl)cc3)CC2)C1.I. The molecule has 0 aromatic heterocycles. The van der Waals surface area contributed by atoms with Gasteiger partial charge in [0.1, 0.15) is 0 Å². The van der Waals surface area contributed by atoms with Gasteiger partial charge in [0.05, 0.1) is 0 Å². The highest BCUT2D eigenvalue weighted by Crippen LogP contribution is 2.20. The third-order valence-corrected chi connectivity index (χ3v) is 5.52. The molecule has 3 rings (SSSR count). The number of hydrogen-bond donors (Lipinski definition) is 1. The summed E-state index contributed by atoms with van der Waals surface area (Å²) in [5, 5.41) is 0.759. The summed E-state index contributed by atoms with van der Waals surface area (Å²) in [5.74, 6) is 1.20. The van der Waals surface area contributed by atoms with Crippen molar-refractivity contribution in [2.45, 2.75) is 19.8 Å². The minimum Gasteiger partial charge on any atom is -0.370 e. The smallest absolute Gasteiger partial charge is 0.219 e. The van der Waals surface area contributed by atoms with Gasteiger partial charge in [-0.25, -0.2) is 0 Å². The number of halogens is 2. The van der Waals surface area contributed by atoms with Crippen molar-refractivity contribution in [3.8, 4) is 0 Å². The zero-order valence-electron chi connectivity index (χ0n) is 15.8. The molecule has 2 N–H and O–H groups in total. The van der Waals surface area contributed by atoms with Crippen LogP contribution in [0.15, 0.2) is 29.3 Å². The molecule has 0 radical (unpaired) electrons. The first-order valence-corrected chi connectivity index (χ1v) is 9.71. The second kappa shape index (κ2) is 10.4. The molecule has 6 nitrogen and oxygen atoms in total. The van der Waals surface area contributed by atoms with Crippen LogP contribution in [0.5, 0.6) is 0 Å². The summed E-state index contributed by atoms with van der Waals surface area (Å²) in [6.45, 7) is 7.57. The Hall–Kier alpha value is -1.22. The molecular formula is C19H29ClIN5O. The van der Waals surface area contributed by atoms with Crippen molar-refractivity contribution in [1.82, 2.24) is 9.80 Å². The van der Waals surface area contributed by atoms with E-state index in [0.29, 0.717) is 18.4 Å². The van der Waals surface area contributed by atoms with Crippen LogP contribution in [0, 0.1) is 5.92 Å². The zero-order valence-corrected chi connectivity index (χ0v) is 18.9. The molecule has 27 heavy (non-hydrogen) atoms. The predicted octanol–water partition coefficient (Wildman–Crippen LogP) is 2.65. The van der Waals surface area contributed by atoms with E-state index in [1.54, 1.807) is 6.92 Å². The van der Waals surface area contributed by atoms with Crippen molar-refractivity contribution in [2.24, 2.45) is 16.6 Å². The fraction of sp³-hybridized carbons (Fsp3) is 0.579. The number of piperazine rings is 1. The number of benzene rings is 1. The topological polar surface area (TPSA) is 65.2 Å². The fourth-order valence-corrected chi connectivity index (χ4v) is 3.79. The second-order valence-corrected chi connectivity index (χ2v) is 7.56. The van der Waals surface area contributed by atoms with Crippen molar-refractivity contribution in [3.05, 3.63) is 29.3 Å². The lowest BCUT2D eigenvalue weighted by atomic mass is 9.98. The Morgan fingerprint density at radius 3 is 2.44 bits per heavy atom. The number of anilines is 1.